The van der Waals surface area contributed by atoms with E-state index in [-0.39, 0.29) is 0 Å². The summed E-state index contributed by atoms with van der Waals surface area (Å²) in [6.45, 7) is 9.34. The van der Waals surface area contributed by atoms with Crippen LogP contribution in [0.15, 0.2) is 0 Å². The molecule has 0 saturated carbocycles. The first-order valence-corrected chi connectivity index (χ1v) is 5.43. The summed E-state index contributed by atoms with van der Waals surface area (Å²) in [5, 5.41) is 0. The van der Waals surface area contributed by atoms with Crippen LogP contribution in [-0.2, 0) is 4.74 Å². The van der Waals surface area contributed by atoms with Crippen LogP contribution >= 0.6 is 0 Å². The third kappa shape index (κ3) is 4.10. The Morgan fingerprint density at radius 3 is 2.38 bits per heavy atom. The average molecular weight is 185 g/mol. The molecule has 0 aromatic rings. The number of hydrogen-bond acceptors (Lipinski definition) is 2. The smallest absolute Gasteiger partial charge is 0.0491 e. The summed E-state index contributed by atoms with van der Waals surface area (Å²) in [5.74, 6) is 1.62. The Balaban J connectivity index is 2.15. The largest absolute Gasteiger partial charge is 0.384 e. The van der Waals surface area contributed by atoms with Gasteiger partial charge in [-0.05, 0) is 37.8 Å². The first-order valence-electron chi connectivity index (χ1n) is 5.43. The molecule has 0 spiro atoms. The van der Waals surface area contributed by atoms with Gasteiger partial charge in [-0.15, -0.1) is 0 Å². The SMILES string of the molecule is COCC1CCN(CC(C)C)CC1. The Morgan fingerprint density at radius 1 is 1.31 bits per heavy atom. The molecular formula is C11H23NO. The minimum atomic E-state index is 0.805. The summed E-state index contributed by atoms with van der Waals surface area (Å²) in [4.78, 5) is 2.58. The van der Waals surface area contributed by atoms with Crippen LogP contribution in [0.3, 0.4) is 0 Å². The van der Waals surface area contributed by atoms with Gasteiger partial charge in [0.15, 0.2) is 0 Å². The van der Waals surface area contributed by atoms with Crippen LogP contribution in [0.5, 0.6) is 0 Å². The second kappa shape index (κ2) is 5.61. The predicted octanol–water partition coefficient (Wildman–Crippen LogP) is 2.00. The van der Waals surface area contributed by atoms with Crippen LogP contribution in [0.4, 0.5) is 0 Å². The fraction of sp³-hybridized carbons (Fsp3) is 1.00. The summed E-state index contributed by atoms with van der Waals surface area (Å²) in [7, 11) is 1.81. The number of methoxy groups -OCH3 is 1. The van der Waals surface area contributed by atoms with E-state index in [1.165, 1.54) is 32.5 Å². The van der Waals surface area contributed by atoms with Crippen LogP contribution in [0.25, 0.3) is 0 Å². The zero-order chi connectivity index (χ0) is 9.68. The zero-order valence-electron chi connectivity index (χ0n) is 9.25. The van der Waals surface area contributed by atoms with Gasteiger partial charge in [0.2, 0.25) is 0 Å². The lowest BCUT2D eigenvalue weighted by Gasteiger charge is -2.32. The molecule has 1 aliphatic rings. The van der Waals surface area contributed by atoms with Crippen molar-refractivity contribution in [1.29, 1.82) is 0 Å². The van der Waals surface area contributed by atoms with E-state index in [2.05, 4.69) is 18.7 Å². The van der Waals surface area contributed by atoms with Gasteiger partial charge in [0.05, 0.1) is 0 Å². The van der Waals surface area contributed by atoms with Gasteiger partial charge < -0.3 is 9.64 Å². The van der Waals surface area contributed by atoms with E-state index in [4.69, 9.17) is 4.74 Å². The lowest BCUT2D eigenvalue weighted by Crippen LogP contribution is -2.37. The standard InChI is InChI=1S/C11H23NO/c1-10(2)8-12-6-4-11(5-7-12)9-13-3/h10-11H,4-9H2,1-3H3. The zero-order valence-corrected chi connectivity index (χ0v) is 9.25. The van der Waals surface area contributed by atoms with Crippen LogP contribution in [-0.4, -0.2) is 38.3 Å². The maximum Gasteiger partial charge on any atom is 0.0491 e. The molecule has 13 heavy (non-hydrogen) atoms. The Labute approximate surface area is 82.3 Å². The first-order chi connectivity index (χ1) is 6.22. The number of hydrogen-bond donors (Lipinski definition) is 0. The normalized spacial score (nSPS) is 21.2. The highest BCUT2D eigenvalue weighted by Crippen LogP contribution is 2.17. The number of piperidine rings is 1. The molecule has 2 heteroatoms. The highest BCUT2D eigenvalue weighted by molar-refractivity contribution is 4.72. The Kier molecular flexibility index (Phi) is 4.74. The van der Waals surface area contributed by atoms with Gasteiger partial charge >= 0.3 is 0 Å². The van der Waals surface area contributed by atoms with Crippen LogP contribution < -0.4 is 0 Å². The summed E-state index contributed by atoms with van der Waals surface area (Å²) in [6, 6.07) is 0. The number of likely N-dealkylation sites (tertiary alicyclic amines) is 1. The van der Waals surface area contributed by atoms with Crippen molar-refractivity contribution in [2.45, 2.75) is 26.7 Å². The van der Waals surface area contributed by atoms with Crippen molar-refractivity contribution >= 4 is 0 Å². The van der Waals surface area contributed by atoms with Gasteiger partial charge in [-0.2, -0.15) is 0 Å². The number of rotatable bonds is 4. The summed E-state index contributed by atoms with van der Waals surface area (Å²) in [5.41, 5.74) is 0. The van der Waals surface area contributed by atoms with E-state index in [1.54, 1.807) is 7.11 Å². The predicted molar refractivity (Wildman–Crippen MR) is 55.9 cm³/mol. The number of nitrogens with zero attached hydrogens (tertiary/aromatic N) is 1. The Morgan fingerprint density at radius 2 is 1.92 bits per heavy atom. The molecule has 1 heterocycles. The molecule has 2 nitrogen and oxygen atoms in total. The fourth-order valence-corrected chi connectivity index (χ4v) is 2.09. The summed E-state index contributed by atoms with van der Waals surface area (Å²) in [6.07, 6.45) is 2.64. The lowest BCUT2D eigenvalue weighted by atomic mass is 9.97. The monoisotopic (exact) mass is 185 g/mol. The van der Waals surface area contributed by atoms with Gasteiger partial charge in [-0.3, -0.25) is 0 Å². The van der Waals surface area contributed by atoms with Gasteiger partial charge in [0, 0.05) is 20.3 Å². The molecular weight excluding hydrogens is 162 g/mol. The number of ether oxygens (including phenoxy) is 1. The molecule has 1 fully saturated rings. The minimum absolute atomic E-state index is 0.805. The van der Waals surface area contributed by atoms with Gasteiger partial charge in [0.1, 0.15) is 0 Å². The van der Waals surface area contributed by atoms with E-state index in [0.717, 1.165) is 18.4 Å². The Hall–Kier alpha value is -0.0800. The van der Waals surface area contributed by atoms with E-state index in [1.807, 2.05) is 0 Å². The highest BCUT2D eigenvalue weighted by atomic mass is 16.5. The molecule has 0 aromatic heterocycles. The van der Waals surface area contributed by atoms with E-state index < -0.39 is 0 Å². The van der Waals surface area contributed by atoms with Crippen LogP contribution in [0, 0.1) is 11.8 Å². The van der Waals surface area contributed by atoms with Crippen LogP contribution in [0.2, 0.25) is 0 Å². The Bertz CT molecular complexity index is 128. The van der Waals surface area contributed by atoms with Crippen molar-refractivity contribution in [2.75, 3.05) is 33.4 Å². The highest BCUT2D eigenvalue weighted by Gasteiger charge is 2.18. The second-order valence-corrected chi connectivity index (χ2v) is 4.59. The van der Waals surface area contributed by atoms with Crippen molar-refractivity contribution in [3.63, 3.8) is 0 Å². The average Bonchev–Trinajstić information content (AvgIpc) is 2.08. The maximum absolute atomic E-state index is 5.18. The molecule has 0 N–H and O–H groups in total. The first kappa shape index (κ1) is 11.0. The van der Waals surface area contributed by atoms with Gasteiger partial charge in [-0.1, -0.05) is 13.8 Å². The molecule has 1 rings (SSSR count). The molecule has 0 amide bonds. The maximum atomic E-state index is 5.18. The van der Waals surface area contributed by atoms with E-state index >= 15 is 0 Å². The summed E-state index contributed by atoms with van der Waals surface area (Å²) >= 11 is 0. The van der Waals surface area contributed by atoms with Gasteiger partial charge in [-0.25, -0.2) is 0 Å². The van der Waals surface area contributed by atoms with E-state index in [0.29, 0.717) is 0 Å². The molecule has 0 atom stereocenters. The molecule has 0 aliphatic carbocycles. The van der Waals surface area contributed by atoms with Crippen molar-refractivity contribution in [3.05, 3.63) is 0 Å². The quantitative estimate of drug-likeness (QED) is 0.664. The van der Waals surface area contributed by atoms with Crippen LogP contribution in [0.1, 0.15) is 26.7 Å². The van der Waals surface area contributed by atoms with Gasteiger partial charge in [0.25, 0.3) is 0 Å². The third-order valence-electron chi connectivity index (χ3n) is 2.73. The third-order valence-corrected chi connectivity index (χ3v) is 2.73. The fourth-order valence-electron chi connectivity index (χ4n) is 2.09. The summed E-state index contributed by atoms with van der Waals surface area (Å²) < 4.78 is 5.18. The lowest BCUT2D eigenvalue weighted by molar-refractivity contribution is 0.0948. The molecule has 0 radical (unpaired) electrons. The minimum Gasteiger partial charge on any atom is -0.384 e. The van der Waals surface area contributed by atoms with E-state index in [9.17, 15) is 0 Å². The van der Waals surface area contributed by atoms with Crippen molar-refractivity contribution in [1.82, 2.24) is 4.90 Å². The topological polar surface area (TPSA) is 12.5 Å². The second-order valence-electron chi connectivity index (χ2n) is 4.59. The van der Waals surface area contributed by atoms with Crippen molar-refractivity contribution < 1.29 is 4.74 Å². The molecule has 1 aliphatic heterocycles. The molecule has 0 unspecified atom stereocenters. The molecule has 78 valence electrons. The molecule has 1 saturated heterocycles. The van der Waals surface area contributed by atoms with Crippen molar-refractivity contribution in [3.8, 4) is 0 Å². The molecule has 0 aromatic carbocycles. The molecule has 0 bridgehead atoms. The van der Waals surface area contributed by atoms with Crippen molar-refractivity contribution in [2.24, 2.45) is 11.8 Å².